The predicted molar refractivity (Wildman–Crippen MR) is 129 cm³/mol. The van der Waals surface area contributed by atoms with Crippen molar-refractivity contribution in [1.82, 2.24) is 14.1 Å². The molecule has 0 amide bonds. The second-order valence-corrected chi connectivity index (χ2v) is 8.46. The molecule has 0 aliphatic rings. The number of carbonyl (C=O) groups excluding carboxylic acids is 1. The van der Waals surface area contributed by atoms with Gasteiger partial charge in [-0.1, -0.05) is 48.0 Å². The van der Waals surface area contributed by atoms with Crippen LogP contribution in [0.1, 0.15) is 15.9 Å². The number of pyridine rings is 1. The lowest BCUT2D eigenvalue weighted by Gasteiger charge is -2.09. The van der Waals surface area contributed by atoms with E-state index >= 15 is 0 Å². The van der Waals surface area contributed by atoms with E-state index in [4.69, 9.17) is 16.6 Å². The number of aromatic nitrogens is 3. The summed E-state index contributed by atoms with van der Waals surface area (Å²) in [5.74, 6) is -0.381. The Kier molecular flexibility index (Phi) is 3.89. The molecule has 0 aliphatic heterocycles. The standard InChI is InChI=1S/C26H18ClN3O2/c1-29-18-9-5-3-7-15(18)21-23(24(32)17-13-14(27)11-12-20(17)31)22-16-8-4-6-10-19(16)30(2)26(22)28-25(21)29/h3-13,31H,1-2H3. The van der Waals surface area contributed by atoms with E-state index in [1.54, 1.807) is 6.07 Å². The number of nitrogens with zero attached hydrogens (tertiary/aromatic N) is 3. The Hall–Kier alpha value is -3.83. The molecular formula is C26H18ClN3O2. The Morgan fingerprint density at radius 2 is 1.38 bits per heavy atom. The van der Waals surface area contributed by atoms with Crippen LogP contribution in [0.25, 0.3) is 43.9 Å². The first kappa shape index (κ1) is 18.9. The topological polar surface area (TPSA) is 60.1 Å². The average Bonchev–Trinajstić information content (AvgIpc) is 3.26. The molecule has 0 fully saturated rings. The van der Waals surface area contributed by atoms with Gasteiger partial charge >= 0.3 is 0 Å². The van der Waals surface area contributed by atoms with Crippen molar-refractivity contribution in [1.29, 1.82) is 0 Å². The van der Waals surface area contributed by atoms with Gasteiger partial charge in [0, 0.05) is 46.2 Å². The molecule has 3 aromatic carbocycles. The van der Waals surface area contributed by atoms with Gasteiger partial charge in [-0.05, 0) is 30.3 Å². The number of aryl methyl sites for hydroxylation is 2. The molecule has 0 unspecified atom stereocenters. The number of phenolic OH excluding ortho intramolecular Hbond substituents is 1. The summed E-state index contributed by atoms with van der Waals surface area (Å²) < 4.78 is 4.02. The van der Waals surface area contributed by atoms with Gasteiger partial charge in [0.25, 0.3) is 0 Å². The molecule has 1 N–H and O–H groups in total. The summed E-state index contributed by atoms with van der Waals surface area (Å²) in [5, 5.41) is 14.4. The van der Waals surface area contributed by atoms with E-state index in [-0.39, 0.29) is 17.1 Å². The number of rotatable bonds is 2. The van der Waals surface area contributed by atoms with Crippen LogP contribution in [0.3, 0.4) is 0 Å². The van der Waals surface area contributed by atoms with Crippen LogP contribution >= 0.6 is 11.6 Å². The third-order valence-corrected chi connectivity index (χ3v) is 6.53. The Labute approximate surface area is 188 Å². The Morgan fingerprint density at radius 3 is 1.94 bits per heavy atom. The van der Waals surface area contributed by atoms with Crippen molar-refractivity contribution in [3.63, 3.8) is 0 Å². The number of fused-ring (bicyclic) bond motifs is 6. The minimum atomic E-state index is -0.282. The Bertz CT molecular complexity index is 1650. The number of hydrogen-bond acceptors (Lipinski definition) is 3. The smallest absolute Gasteiger partial charge is 0.198 e. The van der Waals surface area contributed by atoms with Crippen molar-refractivity contribution in [3.05, 3.63) is 82.9 Å². The van der Waals surface area contributed by atoms with Crippen molar-refractivity contribution in [2.75, 3.05) is 0 Å². The van der Waals surface area contributed by atoms with Crippen LogP contribution in [0.2, 0.25) is 5.02 Å². The van der Waals surface area contributed by atoms with Crippen molar-refractivity contribution >= 4 is 61.3 Å². The molecule has 0 saturated carbocycles. The maximum Gasteiger partial charge on any atom is 0.198 e. The monoisotopic (exact) mass is 439 g/mol. The number of benzene rings is 3. The summed E-state index contributed by atoms with van der Waals surface area (Å²) >= 11 is 6.20. The quantitative estimate of drug-likeness (QED) is 0.338. The zero-order valence-electron chi connectivity index (χ0n) is 17.4. The van der Waals surface area contributed by atoms with E-state index in [0.717, 1.165) is 43.9 Å². The predicted octanol–water partition coefficient (Wildman–Crippen LogP) is 5.96. The lowest BCUT2D eigenvalue weighted by atomic mass is 9.95. The van der Waals surface area contributed by atoms with E-state index in [2.05, 4.69) is 0 Å². The summed E-state index contributed by atoms with van der Waals surface area (Å²) in [6, 6.07) is 20.5. The molecule has 0 radical (unpaired) electrons. The number of halogens is 1. The number of phenols is 1. The first-order valence-electron chi connectivity index (χ1n) is 10.2. The second-order valence-electron chi connectivity index (χ2n) is 8.03. The molecule has 0 bridgehead atoms. The van der Waals surface area contributed by atoms with Crippen LogP contribution in [0, 0.1) is 0 Å². The van der Waals surface area contributed by atoms with Gasteiger partial charge in [-0.2, -0.15) is 0 Å². The van der Waals surface area contributed by atoms with Crippen molar-refractivity contribution in [2.24, 2.45) is 14.1 Å². The van der Waals surface area contributed by atoms with Crippen molar-refractivity contribution in [2.45, 2.75) is 0 Å². The third kappa shape index (κ3) is 2.40. The minimum absolute atomic E-state index is 0.0991. The highest BCUT2D eigenvalue weighted by molar-refractivity contribution is 6.34. The molecule has 0 atom stereocenters. The number of ketones is 1. The lowest BCUT2D eigenvalue weighted by Crippen LogP contribution is -2.05. The SMILES string of the molecule is Cn1c2ccccc2c2c(C(=O)c3cc(Cl)ccc3O)c3c4ccccc4n(C)c3nc21. The molecule has 0 spiro atoms. The maximum atomic E-state index is 14.1. The van der Waals surface area contributed by atoms with Crippen LogP contribution < -0.4 is 0 Å². The van der Waals surface area contributed by atoms with Gasteiger partial charge in [-0.25, -0.2) is 4.98 Å². The average molecular weight is 440 g/mol. The van der Waals surface area contributed by atoms with E-state index in [1.807, 2.05) is 71.8 Å². The van der Waals surface area contributed by atoms with Gasteiger partial charge in [0.1, 0.15) is 17.0 Å². The fraction of sp³-hybridized carbons (Fsp3) is 0.0769. The van der Waals surface area contributed by atoms with Crippen LogP contribution in [-0.4, -0.2) is 25.0 Å². The highest BCUT2D eigenvalue weighted by Gasteiger charge is 2.27. The Morgan fingerprint density at radius 1 is 0.844 bits per heavy atom. The van der Waals surface area contributed by atoms with Gasteiger partial charge in [0.15, 0.2) is 5.78 Å². The molecule has 156 valence electrons. The van der Waals surface area contributed by atoms with Crippen molar-refractivity contribution < 1.29 is 9.90 Å². The molecule has 0 saturated heterocycles. The molecule has 0 aliphatic carbocycles. The van der Waals surface area contributed by atoms with E-state index in [9.17, 15) is 9.90 Å². The molecule has 32 heavy (non-hydrogen) atoms. The normalized spacial score (nSPS) is 11.8. The minimum Gasteiger partial charge on any atom is -0.507 e. The van der Waals surface area contributed by atoms with Crippen molar-refractivity contribution in [3.8, 4) is 5.75 Å². The zero-order valence-corrected chi connectivity index (χ0v) is 18.2. The number of carbonyl (C=O) groups is 1. The van der Waals surface area contributed by atoms with E-state index < -0.39 is 0 Å². The molecule has 6 aromatic rings. The summed E-state index contributed by atoms with van der Waals surface area (Å²) in [4.78, 5) is 19.1. The van der Waals surface area contributed by atoms with Gasteiger partial charge in [0.05, 0.1) is 16.6 Å². The molecule has 5 nitrogen and oxygen atoms in total. The fourth-order valence-electron chi connectivity index (χ4n) is 4.79. The van der Waals surface area contributed by atoms with Gasteiger partial charge in [-0.3, -0.25) is 4.79 Å². The van der Waals surface area contributed by atoms with Gasteiger partial charge < -0.3 is 14.2 Å². The molecule has 6 heteroatoms. The van der Waals surface area contributed by atoms with E-state index in [0.29, 0.717) is 10.6 Å². The summed E-state index contributed by atoms with van der Waals surface area (Å²) in [6.07, 6.45) is 0. The largest absolute Gasteiger partial charge is 0.507 e. The fourth-order valence-corrected chi connectivity index (χ4v) is 4.96. The Balaban J connectivity index is 1.90. The number of para-hydroxylation sites is 2. The van der Waals surface area contributed by atoms with Crippen LogP contribution in [0.5, 0.6) is 5.75 Å². The molecular weight excluding hydrogens is 422 g/mol. The number of hydrogen-bond donors (Lipinski definition) is 1. The summed E-state index contributed by atoms with van der Waals surface area (Å²) in [7, 11) is 3.91. The van der Waals surface area contributed by atoms with Gasteiger partial charge in [-0.15, -0.1) is 0 Å². The highest BCUT2D eigenvalue weighted by atomic mass is 35.5. The summed E-state index contributed by atoms with van der Waals surface area (Å²) in [6.45, 7) is 0. The molecule has 3 aromatic heterocycles. The zero-order chi connectivity index (χ0) is 22.1. The lowest BCUT2D eigenvalue weighted by molar-refractivity contribution is 0.103. The van der Waals surface area contributed by atoms with E-state index in [1.165, 1.54) is 12.1 Å². The van der Waals surface area contributed by atoms with Crippen LogP contribution in [-0.2, 0) is 14.1 Å². The van der Waals surface area contributed by atoms with Gasteiger partial charge in [0.2, 0.25) is 0 Å². The molecule has 6 rings (SSSR count). The molecule has 3 heterocycles. The second kappa shape index (κ2) is 6.58. The first-order valence-corrected chi connectivity index (χ1v) is 10.6. The summed E-state index contributed by atoms with van der Waals surface area (Å²) in [5.41, 5.74) is 4.10. The third-order valence-electron chi connectivity index (χ3n) is 6.29. The van der Waals surface area contributed by atoms with Crippen LogP contribution in [0.15, 0.2) is 66.7 Å². The number of aromatic hydroxyl groups is 1. The first-order chi connectivity index (χ1) is 15.5. The highest BCUT2D eigenvalue weighted by Crippen LogP contribution is 2.40. The van der Waals surface area contributed by atoms with Crippen LogP contribution in [0.4, 0.5) is 0 Å². The maximum absolute atomic E-state index is 14.1.